The number of furan rings is 1. The summed E-state index contributed by atoms with van der Waals surface area (Å²) in [6.07, 6.45) is 3.99. The largest absolute Gasteiger partial charge is 0.469 e. The Morgan fingerprint density at radius 3 is 2.74 bits per heavy atom. The third-order valence-corrected chi connectivity index (χ3v) is 5.11. The Labute approximate surface area is 201 Å². The van der Waals surface area contributed by atoms with E-state index in [1.807, 2.05) is 19.1 Å². The maximum absolute atomic E-state index is 11.9. The van der Waals surface area contributed by atoms with Gasteiger partial charge in [-0.05, 0) is 44.4 Å². The summed E-state index contributed by atoms with van der Waals surface area (Å²) in [5, 5.41) is 6.96. The minimum atomic E-state index is -0.221. The smallest absolute Gasteiger partial charge is 0.409 e. The van der Waals surface area contributed by atoms with Crippen molar-refractivity contribution < 1.29 is 13.9 Å². The van der Waals surface area contributed by atoms with Crippen molar-refractivity contribution in [2.75, 3.05) is 26.2 Å². The molecule has 7 nitrogen and oxygen atoms in total. The summed E-state index contributed by atoms with van der Waals surface area (Å²) in [6.45, 7) is 7.05. The lowest BCUT2D eigenvalue weighted by atomic mass is 10.1. The van der Waals surface area contributed by atoms with Gasteiger partial charge in [0.05, 0.1) is 19.4 Å². The number of carbonyl (C=O) groups excluding carboxylic acids is 1. The molecule has 2 N–H and O–H groups in total. The number of rotatable bonds is 7. The Hall–Kier alpha value is -2.23. The van der Waals surface area contributed by atoms with Crippen LogP contribution in [0.1, 0.15) is 36.7 Å². The Balaban J connectivity index is 0.00000341. The van der Waals surface area contributed by atoms with Gasteiger partial charge in [-0.2, -0.15) is 0 Å². The molecular formula is C23H33IN4O3. The number of halogens is 1. The third kappa shape index (κ3) is 8.43. The van der Waals surface area contributed by atoms with E-state index in [2.05, 4.69) is 41.8 Å². The van der Waals surface area contributed by atoms with Crippen LogP contribution >= 0.6 is 24.0 Å². The second-order valence-electron chi connectivity index (χ2n) is 7.51. The highest BCUT2D eigenvalue weighted by molar-refractivity contribution is 14.0. The molecule has 1 aliphatic heterocycles. The quantitative estimate of drug-likeness (QED) is 0.314. The standard InChI is InChI=1S/C23H32N4O3.HI/c1-3-29-23(28)27-13-10-20(11-14-27)26-22(24-12-9-21-8-5-15-30-21)25-17-19-7-4-6-18(2)16-19;/h4-8,15-16,20H,3,9-14,17H2,1-2H3,(H2,24,25,26);1H. The predicted molar refractivity (Wildman–Crippen MR) is 133 cm³/mol. The monoisotopic (exact) mass is 540 g/mol. The van der Waals surface area contributed by atoms with Gasteiger partial charge in [-0.3, -0.25) is 0 Å². The Morgan fingerprint density at radius 2 is 2.06 bits per heavy atom. The molecule has 8 heteroatoms. The number of hydrogen-bond acceptors (Lipinski definition) is 4. The van der Waals surface area contributed by atoms with Crippen LogP contribution in [0.25, 0.3) is 0 Å². The van der Waals surface area contributed by atoms with Crippen molar-refractivity contribution in [2.24, 2.45) is 4.99 Å². The van der Waals surface area contributed by atoms with Gasteiger partial charge in [0.25, 0.3) is 0 Å². The number of guanidine groups is 1. The summed E-state index contributed by atoms with van der Waals surface area (Å²) < 4.78 is 10.5. The number of amides is 1. The van der Waals surface area contributed by atoms with Crippen molar-refractivity contribution in [3.63, 3.8) is 0 Å². The molecule has 1 aromatic carbocycles. The molecule has 0 atom stereocenters. The van der Waals surface area contributed by atoms with Gasteiger partial charge in [-0.25, -0.2) is 9.79 Å². The number of piperidine rings is 1. The van der Waals surface area contributed by atoms with E-state index < -0.39 is 0 Å². The zero-order valence-corrected chi connectivity index (χ0v) is 20.6. The van der Waals surface area contributed by atoms with E-state index in [1.165, 1.54) is 11.1 Å². The normalized spacial score (nSPS) is 14.6. The number of hydrogen-bond donors (Lipinski definition) is 2. The van der Waals surface area contributed by atoms with Gasteiger partial charge >= 0.3 is 6.09 Å². The van der Waals surface area contributed by atoms with Crippen molar-refractivity contribution in [3.05, 3.63) is 59.5 Å². The SMILES string of the molecule is CCOC(=O)N1CCC(NC(=NCc2cccc(C)c2)NCCc2ccco2)CC1.I. The first-order chi connectivity index (χ1) is 14.6. The number of nitrogens with one attached hydrogen (secondary N) is 2. The van der Waals surface area contributed by atoms with Gasteiger partial charge in [-0.1, -0.05) is 29.8 Å². The molecule has 0 spiro atoms. The van der Waals surface area contributed by atoms with Crippen LogP contribution in [0, 0.1) is 6.92 Å². The van der Waals surface area contributed by atoms with Gasteiger partial charge in [0.15, 0.2) is 5.96 Å². The molecule has 31 heavy (non-hydrogen) atoms. The molecular weight excluding hydrogens is 507 g/mol. The molecule has 0 unspecified atom stereocenters. The minimum absolute atomic E-state index is 0. The van der Waals surface area contributed by atoms with Crippen LogP contribution in [0.2, 0.25) is 0 Å². The van der Waals surface area contributed by atoms with Crippen LogP contribution in [0.4, 0.5) is 4.79 Å². The molecule has 1 fully saturated rings. The maximum Gasteiger partial charge on any atom is 0.409 e. The Kier molecular flexibility index (Phi) is 10.7. The molecule has 170 valence electrons. The summed E-state index contributed by atoms with van der Waals surface area (Å²) in [7, 11) is 0. The molecule has 2 heterocycles. The van der Waals surface area contributed by atoms with Crippen LogP contribution in [0.5, 0.6) is 0 Å². The Bertz CT molecular complexity index is 818. The number of likely N-dealkylation sites (tertiary alicyclic amines) is 1. The van der Waals surface area contributed by atoms with Crippen LogP contribution in [-0.2, 0) is 17.7 Å². The Morgan fingerprint density at radius 1 is 1.26 bits per heavy atom. The maximum atomic E-state index is 11.9. The molecule has 0 aliphatic carbocycles. The van der Waals surface area contributed by atoms with Crippen molar-refractivity contribution in [1.82, 2.24) is 15.5 Å². The van der Waals surface area contributed by atoms with Crippen LogP contribution in [0.3, 0.4) is 0 Å². The van der Waals surface area contributed by atoms with Crippen LogP contribution in [-0.4, -0.2) is 49.2 Å². The zero-order valence-electron chi connectivity index (χ0n) is 18.3. The number of nitrogens with zero attached hydrogens (tertiary/aromatic N) is 2. The van der Waals surface area contributed by atoms with Gasteiger partial charge < -0.3 is 24.7 Å². The van der Waals surface area contributed by atoms with Gasteiger partial charge in [0.2, 0.25) is 0 Å². The summed E-state index contributed by atoms with van der Waals surface area (Å²) >= 11 is 0. The summed E-state index contributed by atoms with van der Waals surface area (Å²) in [6, 6.07) is 12.5. The highest BCUT2D eigenvalue weighted by Crippen LogP contribution is 2.12. The molecule has 2 aromatic rings. The lowest BCUT2D eigenvalue weighted by molar-refractivity contribution is 0.0963. The molecule has 1 amide bonds. The molecule has 0 radical (unpaired) electrons. The second-order valence-corrected chi connectivity index (χ2v) is 7.51. The molecule has 1 saturated heterocycles. The third-order valence-electron chi connectivity index (χ3n) is 5.11. The molecule has 0 saturated carbocycles. The fraction of sp³-hybridized carbons (Fsp3) is 0.478. The average Bonchev–Trinajstić information content (AvgIpc) is 3.26. The topological polar surface area (TPSA) is 79.1 Å². The van der Waals surface area contributed by atoms with Gasteiger partial charge in [0.1, 0.15) is 5.76 Å². The predicted octanol–water partition coefficient (Wildman–Crippen LogP) is 4.10. The van der Waals surface area contributed by atoms with Crippen molar-refractivity contribution >= 4 is 36.0 Å². The fourth-order valence-electron chi connectivity index (χ4n) is 3.51. The molecule has 3 rings (SSSR count). The molecule has 1 aromatic heterocycles. The zero-order chi connectivity index (χ0) is 21.2. The van der Waals surface area contributed by atoms with E-state index in [1.54, 1.807) is 11.2 Å². The number of ether oxygens (including phenoxy) is 1. The minimum Gasteiger partial charge on any atom is -0.469 e. The summed E-state index contributed by atoms with van der Waals surface area (Å²) in [5.41, 5.74) is 2.41. The van der Waals surface area contributed by atoms with E-state index in [-0.39, 0.29) is 36.1 Å². The second kappa shape index (κ2) is 13.2. The van der Waals surface area contributed by atoms with Gasteiger partial charge in [-0.15, -0.1) is 24.0 Å². The highest BCUT2D eigenvalue weighted by Gasteiger charge is 2.24. The first-order valence-corrected chi connectivity index (χ1v) is 10.7. The van der Waals surface area contributed by atoms with Crippen molar-refractivity contribution in [2.45, 2.75) is 45.7 Å². The molecule has 1 aliphatic rings. The number of carbonyl (C=O) groups is 1. The van der Waals surface area contributed by atoms with Crippen molar-refractivity contribution in [3.8, 4) is 0 Å². The lowest BCUT2D eigenvalue weighted by Gasteiger charge is -2.32. The van der Waals surface area contributed by atoms with E-state index in [9.17, 15) is 4.79 Å². The van der Waals surface area contributed by atoms with Crippen molar-refractivity contribution in [1.29, 1.82) is 0 Å². The summed E-state index contributed by atoms with van der Waals surface area (Å²) in [4.78, 5) is 18.5. The first-order valence-electron chi connectivity index (χ1n) is 10.7. The van der Waals surface area contributed by atoms with E-state index in [0.717, 1.165) is 37.5 Å². The highest BCUT2D eigenvalue weighted by atomic mass is 127. The van der Waals surface area contributed by atoms with Gasteiger partial charge in [0, 0.05) is 32.1 Å². The number of aryl methyl sites for hydroxylation is 1. The molecule has 0 bridgehead atoms. The van der Waals surface area contributed by atoms with E-state index in [4.69, 9.17) is 14.1 Å². The van der Waals surface area contributed by atoms with Crippen LogP contribution in [0.15, 0.2) is 52.1 Å². The van der Waals surface area contributed by atoms with E-state index in [0.29, 0.717) is 26.2 Å². The average molecular weight is 540 g/mol. The number of aliphatic imine (C=N–C) groups is 1. The van der Waals surface area contributed by atoms with E-state index >= 15 is 0 Å². The summed E-state index contributed by atoms with van der Waals surface area (Å²) in [5.74, 6) is 1.74. The van der Waals surface area contributed by atoms with Crippen LogP contribution < -0.4 is 10.6 Å². The number of benzene rings is 1. The first kappa shape index (κ1) is 25.0. The lowest BCUT2D eigenvalue weighted by Crippen LogP contribution is -2.50. The fourth-order valence-corrected chi connectivity index (χ4v) is 3.51.